The van der Waals surface area contributed by atoms with Gasteiger partial charge >= 0.3 is 6.09 Å². The van der Waals surface area contributed by atoms with E-state index in [0.717, 1.165) is 17.0 Å². The monoisotopic (exact) mass is 243 g/mol. The third-order valence-electron chi connectivity index (χ3n) is 2.92. The second-order valence-corrected chi connectivity index (χ2v) is 4.14. The summed E-state index contributed by atoms with van der Waals surface area (Å²) in [6.07, 6.45) is -1.03. The smallest absolute Gasteiger partial charge is 0.407 e. The maximum atomic E-state index is 13.0. The Morgan fingerprint density at radius 2 is 1.88 bits per heavy atom. The molecule has 4 nitrogen and oxygen atoms in total. The molecule has 0 bridgehead atoms. The molecule has 1 aliphatic heterocycles. The van der Waals surface area contributed by atoms with Crippen molar-refractivity contribution in [1.29, 1.82) is 0 Å². The summed E-state index contributed by atoms with van der Waals surface area (Å²) in [6.45, 7) is -0.0325. The van der Waals surface area contributed by atoms with Gasteiger partial charge in [0, 0.05) is 12.6 Å². The average molecular weight is 243 g/mol. The number of rotatable bonds is 1. The topological polar surface area (TPSA) is 60.8 Å². The van der Waals surface area contributed by atoms with E-state index in [1.54, 1.807) is 0 Å². The van der Waals surface area contributed by atoms with E-state index in [4.69, 9.17) is 5.11 Å². The van der Waals surface area contributed by atoms with E-state index in [-0.39, 0.29) is 25.1 Å². The molecule has 17 heavy (non-hydrogen) atoms. The van der Waals surface area contributed by atoms with Gasteiger partial charge in [0.15, 0.2) is 0 Å². The van der Waals surface area contributed by atoms with Crippen LogP contribution in [0.2, 0.25) is 0 Å². The normalized spacial score (nSPS) is 24.1. The first-order valence-corrected chi connectivity index (χ1v) is 5.07. The van der Waals surface area contributed by atoms with Crippen LogP contribution in [0.25, 0.3) is 0 Å². The second kappa shape index (κ2) is 3.96. The predicted octanol–water partition coefficient (Wildman–Crippen LogP) is 1.54. The van der Waals surface area contributed by atoms with Crippen molar-refractivity contribution >= 4 is 6.09 Å². The maximum absolute atomic E-state index is 13.0. The minimum absolute atomic E-state index is 0.0683. The summed E-state index contributed by atoms with van der Waals surface area (Å²) in [5.74, 6) is -1.58. The van der Waals surface area contributed by atoms with E-state index in [9.17, 15) is 18.7 Å². The maximum Gasteiger partial charge on any atom is 0.407 e. The quantitative estimate of drug-likeness (QED) is 0.786. The third-order valence-corrected chi connectivity index (χ3v) is 2.92. The fraction of sp³-hybridized carbons (Fsp3) is 0.364. The number of carbonyl (C=O) groups is 1. The van der Waals surface area contributed by atoms with Gasteiger partial charge < -0.3 is 15.1 Å². The van der Waals surface area contributed by atoms with Gasteiger partial charge in [-0.1, -0.05) is 0 Å². The molecule has 6 heteroatoms. The van der Waals surface area contributed by atoms with Crippen LogP contribution in [-0.4, -0.2) is 34.3 Å². The summed E-state index contributed by atoms with van der Waals surface area (Å²) in [4.78, 5) is 11.7. The average Bonchev–Trinajstić information content (AvgIpc) is 2.61. The van der Waals surface area contributed by atoms with Crippen LogP contribution in [0.15, 0.2) is 18.2 Å². The molecular weight excluding hydrogens is 232 g/mol. The highest BCUT2D eigenvalue weighted by molar-refractivity contribution is 5.65. The number of carboxylic acid groups (broad SMARTS) is 1. The Balaban J connectivity index is 2.30. The van der Waals surface area contributed by atoms with Crippen LogP contribution in [0.5, 0.6) is 0 Å². The van der Waals surface area contributed by atoms with Gasteiger partial charge in [-0.05, 0) is 24.1 Å². The van der Waals surface area contributed by atoms with E-state index in [2.05, 4.69) is 0 Å². The van der Waals surface area contributed by atoms with Crippen molar-refractivity contribution in [2.75, 3.05) is 13.1 Å². The van der Waals surface area contributed by atoms with E-state index >= 15 is 0 Å². The highest BCUT2D eigenvalue weighted by atomic mass is 19.1. The summed E-state index contributed by atoms with van der Waals surface area (Å²) in [5, 5.41) is 19.0. The van der Waals surface area contributed by atoms with Gasteiger partial charge in [-0.3, -0.25) is 0 Å². The van der Waals surface area contributed by atoms with Gasteiger partial charge in [-0.15, -0.1) is 0 Å². The molecule has 0 spiro atoms. The van der Waals surface area contributed by atoms with Crippen molar-refractivity contribution in [3.63, 3.8) is 0 Å². The number of hydrogen-bond acceptors (Lipinski definition) is 2. The van der Waals surface area contributed by atoms with Crippen LogP contribution in [0.4, 0.5) is 13.6 Å². The predicted molar refractivity (Wildman–Crippen MR) is 54.5 cm³/mol. The van der Waals surface area contributed by atoms with Crippen molar-refractivity contribution in [3.05, 3.63) is 35.4 Å². The Labute approximate surface area is 96.1 Å². The lowest BCUT2D eigenvalue weighted by molar-refractivity contribution is 0.0453. The van der Waals surface area contributed by atoms with Crippen molar-refractivity contribution in [2.24, 2.45) is 0 Å². The Bertz CT molecular complexity index is 446. The summed E-state index contributed by atoms with van der Waals surface area (Å²) < 4.78 is 26.1. The van der Waals surface area contributed by atoms with Gasteiger partial charge in [0.2, 0.25) is 0 Å². The summed E-state index contributed by atoms with van der Waals surface area (Å²) in [7, 11) is 0. The van der Waals surface area contributed by atoms with Crippen LogP contribution < -0.4 is 0 Å². The fourth-order valence-corrected chi connectivity index (χ4v) is 2.02. The number of hydrogen-bond donors (Lipinski definition) is 2. The van der Waals surface area contributed by atoms with Gasteiger partial charge in [-0.2, -0.15) is 0 Å². The molecule has 1 saturated heterocycles. The molecule has 1 aromatic carbocycles. The highest BCUT2D eigenvalue weighted by Crippen LogP contribution is 2.32. The first kappa shape index (κ1) is 11.8. The lowest BCUT2D eigenvalue weighted by atomic mass is 9.93. The molecule has 1 heterocycles. The minimum Gasteiger partial charge on any atom is -0.465 e. The zero-order valence-electron chi connectivity index (χ0n) is 8.86. The molecule has 1 fully saturated rings. The molecule has 1 atom stereocenters. The van der Waals surface area contributed by atoms with Crippen molar-refractivity contribution in [2.45, 2.75) is 12.0 Å². The number of halogens is 2. The molecule has 0 saturated carbocycles. The van der Waals surface area contributed by atoms with E-state index < -0.39 is 23.3 Å². The number of likely N-dealkylation sites (tertiary alicyclic amines) is 1. The van der Waals surface area contributed by atoms with Gasteiger partial charge in [0.05, 0.1) is 6.54 Å². The number of β-amino-alcohol motifs (C(OH)–C–C–N with tert-alkyl or cyclic N) is 1. The van der Waals surface area contributed by atoms with Crippen LogP contribution >= 0.6 is 0 Å². The van der Waals surface area contributed by atoms with Gasteiger partial charge in [0.25, 0.3) is 0 Å². The van der Waals surface area contributed by atoms with E-state index in [0.29, 0.717) is 6.07 Å². The van der Waals surface area contributed by atoms with Gasteiger partial charge in [-0.25, -0.2) is 13.6 Å². The summed E-state index contributed by atoms with van der Waals surface area (Å²) in [6, 6.07) is 2.75. The Morgan fingerprint density at radius 1 is 1.29 bits per heavy atom. The van der Waals surface area contributed by atoms with Crippen LogP contribution in [-0.2, 0) is 5.60 Å². The molecule has 1 unspecified atom stereocenters. The van der Waals surface area contributed by atoms with Crippen LogP contribution in [0.3, 0.4) is 0 Å². The summed E-state index contributed by atoms with van der Waals surface area (Å²) >= 11 is 0. The van der Waals surface area contributed by atoms with Crippen molar-refractivity contribution in [1.82, 2.24) is 4.90 Å². The molecule has 92 valence electrons. The molecule has 0 aromatic heterocycles. The van der Waals surface area contributed by atoms with E-state index in [1.165, 1.54) is 0 Å². The standard InChI is InChI=1S/C11H11F2NO3/c12-8-3-7(4-9(13)5-8)11(17)1-2-14(6-11)10(15)16/h3-5,17H,1-2,6H2,(H,15,16). The van der Waals surface area contributed by atoms with E-state index in [1.807, 2.05) is 0 Å². The molecule has 2 N–H and O–H groups in total. The minimum atomic E-state index is -1.51. The third kappa shape index (κ3) is 2.21. The molecule has 0 aliphatic carbocycles. The molecular formula is C11H11F2NO3. The summed E-state index contributed by atoms with van der Waals surface area (Å²) in [5.41, 5.74) is -1.44. The number of aliphatic hydroxyl groups is 1. The second-order valence-electron chi connectivity index (χ2n) is 4.14. The highest BCUT2D eigenvalue weighted by Gasteiger charge is 2.40. The molecule has 1 amide bonds. The van der Waals surface area contributed by atoms with Crippen LogP contribution in [0.1, 0.15) is 12.0 Å². The largest absolute Gasteiger partial charge is 0.465 e. The lowest BCUT2D eigenvalue weighted by Gasteiger charge is -2.23. The number of amides is 1. The number of nitrogens with zero attached hydrogens (tertiary/aromatic N) is 1. The lowest BCUT2D eigenvalue weighted by Crippen LogP contribution is -2.33. The zero-order valence-corrected chi connectivity index (χ0v) is 8.86. The first-order valence-electron chi connectivity index (χ1n) is 5.07. The Morgan fingerprint density at radius 3 is 2.35 bits per heavy atom. The van der Waals surface area contributed by atoms with Gasteiger partial charge in [0.1, 0.15) is 17.2 Å². The van der Waals surface area contributed by atoms with Crippen LogP contribution in [0, 0.1) is 11.6 Å². The molecule has 0 radical (unpaired) electrons. The Hall–Kier alpha value is -1.69. The SMILES string of the molecule is O=C(O)N1CCC(O)(c2cc(F)cc(F)c2)C1. The zero-order chi connectivity index (χ0) is 12.6. The molecule has 1 aromatic rings. The molecule has 2 rings (SSSR count). The molecule has 1 aliphatic rings. The Kier molecular flexibility index (Phi) is 2.74. The number of benzene rings is 1. The van der Waals surface area contributed by atoms with Crippen molar-refractivity contribution in [3.8, 4) is 0 Å². The van der Waals surface area contributed by atoms with Crippen molar-refractivity contribution < 1.29 is 23.8 Å². The fourth-order valence-electron chi connectivity index (χ4n) is 2.02. The first-order chi connectivity index (χ1) is 7.90.